The maximum atomic E-state index is 12.4. The predicted octanol–water partition coefficient (Wildman–Crippen LogP) is 2.82. The number of esters is 1. The van der Waals surface area contributed by atoms with E-state index in [0.717, 1.165) is 36.7 Å². The fraction of sp³-hybridized carbons (Fsp3) is 0.368. The lowest BCUT2D eigenvalue weighted by molar-refractivity contribution is -0.130. The molecule has 1 aromatic heterocycles. The number of benzene rings is 1. The van der Waals surface area contributed by atoms with Crippen LogP contribution in [0.15, 0.2) is 41.8 Å². The molecule has 0 atom stereocenters. The first-order valence-electron chi connectivity index (χ1n) is 8.49. The highest BCUT2D eigenvalue weighted by Crippen LogP contribution is 2.19. The average molecular weight is 358 g/mol. The number of carbonyl (C=O) groups excluding carboxylic acids is 2. The summed E-state index contributed by atoms with van der Waals surface area (Å²) in [6.07, 6.45) is 0.492. The Labute approximate surface area is 151 Å². The molecular formula is C19H22N2O3S. The van der Waals surface area contributed by atoms with Crippen LogP contribution in [0.25, 0.3) is 0 Å². The Balaban J connectivity index is 1.53. The van der Waals surface area contributed by atoms with Gasteiger partial charge >= 0.3 is 5.97 Å². The Kier molecular flexibility index (Phi) is 5.71. The Morgan fingerprint density at radius 1 is 1.08 bits per heavy atom. The molecule has 0 aliphatic carbocycles. The number of carbonyl (C=O) groups is 2. The van der Waals surface area contributed by atoms with Gasteiger partial charge < -0.3 is 14.5 Å². The third-order valence-corrected chi connectivity index (χ3v) is 5.16. The second-order valence-corrected chi connectivity index (χ2v) is 6.92. The summed E-state index contributed by atoms with van der Waals surface area (Å²) in [5, 5.41) is 2.00. The van der Waals surface area contributed by atoms with Crippen molar-refractivity contribution in [3.05, 3.63) is 52.2 Å². The van der Waals surface area contributed by atoms with E-state index in [2.05, 4.69) is 4.90 Å². The Hall–Kier alpha value is -2.34. The van der Waals surface area contributed by atoms with Crippen molar-refractivity contribution in [2.75, 3.05) is 37.7 Å². The molecule has 3 rings (SSSR count). The lowest BCUT2D eigenvalue weighted by atomic mass is 10.1. The molecule has 1 amide bonds. The highest BCUT2D eigenvalue weighted by atomic mass is 32.1. The first-order chi connectivity index (χ1) is 12.2. The number of nitrogens with zero attached hydrogens (tertiary/aromatic N) is 2. The van der Waals surface area contributed by atoms with Gasteiger partial charge in [0.25, 0.3) is 0 Å². The van der Waals surface area contributed by atoms with Gasteiger partial charge in [0.05, 0.1) is 18.6 Å². The molecule has 2 aromatic rings. The molecule has 132 valence electrons. The molecule has 1 aliphatic heterocycles. The zero-order valence-electron chi connectivity index (χ0n) is 14.3. The van der Waals surface area contributed by atoms with E-state index < -0.39 is 0 Å². The van der Waals surface area contributed by atoms with Crippen molar-refractivity contribution in [2.45, 2.75) is 13.3 Å². The normalized spacial score (nSPS) is 14.4. The molecule has 1 aromatic carbocycles. The fourth-order valence-electron chi connectivity index (χ4n) is 2.91. The topological polar surface area (TPSA) is 49.9 Å². The van der Waals surface area contributed by atoms with Crippen LogP contribution in [0.3, 0.4) is 0 Å². The maximum Gasteiger partial charge on any atom is 0.338 e. The molecule has 0 unspecified atom stereocenters. The standard InChI is InChI=1S/C19H22N2O3S/c1-2-24-19(23)15-5-7-16(8-6-15)20-9-11-21(12-10-20)18(22)14-17-4-3-13-25-17/h3-8,13H,2,9-12,14H2,1H3. The number of amides is 1. The molecule has 0 radical (unpaired) electrons. The number of ether oxygens (including phenoxy) is 1. The molecule has 1 fully saturated rings. The zero-order chi connectivity index (χ0) is 17.6. The number of rotatable bonds is 5. The molecule has 0 spiro atoms. The van der Waals surface area contributed by atoms with Crippen molar-refractivity contribution in [3.63, 3.8) is 0 Å². The first-order valence-corrected chi connectivity index (χ1v) is 9.37. The third kappa shape index (κ3) is 4.39. The van der Waals surface area contributed by atoms with Gasteiger partial charge in [0.2, 0.25) is 5.91 Å². The third-order valence-electron chi connectivity index (χ3n) is 4.28. The molecule has 0 bridgehead atoms. The van der Waals surface area contributed by atoms with E-state index in [9.17, 15) is 9.59 Å². The van der Waals surface area contributed by atoms with E-state index in [1.165, 1.54) is 0 Å². The highest BCUT2D eigenvalue weighted by molar-refractivity contribution is 7.10. The lowest BCUT2D eigenvalue weighted by Crippen LogP contribution is -2.49. The number of piperazine rings is 1. The summed E-state index contributed by atoms with van der Waals surface area (Å²) in [6, 6.07) is 11.4. The number of hydrogen-bond acceptors (Lipinski definition) is 5. The minimum Gasteiger partial charge on any atom is -0.462 e. The largest absolute Gasteiger partial charge is 0.462 e. The van der Waals surface area contributed by atoms with Crippen LogP contribution >= 0.6 is 11.3 Å². The van der Waals surface area contributed by atoms with Crippen LogP contribution in [0.5, 0.6) is 0 Å². The van der Waals surface area contributed by atoms with Gasteiger partial charge in [-0.05, 0) is 42.6 Å². The van der Waals surface area contributed by atoms with Gasteiger partial charge in [-0.3, -0.25) is 4.79 Å². The number of hydrogen-bond donors (Lipinski definition) is 0. The molecule has 6 heteroatoms. The summed E-state index contributed by atoms with van der Waals surface area (Å²) in [6.45, 7) is 5.23. The van der Waals surface area contributed by atoms with Crippen molar-refractivity contribution < 1.29 is 14.3 Å². The van der Waals surface area contributed by atoms with Crippen molar-refractivity contribution in [3.8, 4) is 0 Å². The van der Waals surface area contributed by atoms with Crippen LogP contribution in [-0.4, -0.2) is 49.6 Å². The highest BCUT2D eigenvalue weighted by Gasteiger charge is 2.21. The van der Waals surface area contributed by atoms with E-state index in [1.807, 2.05) is 34.5 Å². The van der Waals surface area contributed by atoms with Crippen molar-refractivity contribution in [1.29, 1.82) is 0 Å². The second-order valence-electron chi connectivity index (χ2n) is 5.89. The second kappa shape index (κ2) is 8.16. The molecule has 0 saturated carbocycles. The van der Waals surface area contributed by atoms with E-state index in [-0.39, 0.29) is 11.9 Å². The summed E-state index contributed by atoms with van der Waals surface area (Å²) in [5.74, 6) is -0.0993. The Bertz CT molecular complexity index is 705. The van der Waals surface area contributed by atoms with Crippen LogP contribution in [0.2, 0.25) is 0 Å². The summed E-state index contributed by atoms with van der Waals surface area (Å²) in [5.41, 5.74) is 1.63. The summed E-state index contributed by atoms with van der Waals surface area (Å²) < 4.78 is 5.00. The van der Waals surface area contributed by atoms with Gasteiger partial charge in [0.1, 0.15) is 0 Å². The van der Waals surface area contributed by atoms with Crippen molar-refractivity contribution in [2.24, 2.45) is 0 Å². The van der Waals surface area contributed by atoms with Crippen molar-refractivity contribution >= 4 is 28.9 Å². The zero-order valence-corrected chi connectivity index (χ0v) is 15.1. The predicted molar refractivity (Wildman–Crippen MR) is 99.2 cm³/mol. The minimum atomic E-state index is -0.293. The SMILES string of the molecule is CCOC(=O)c1ccc(N2CCN(C(=O)Cc3cccs3)CC2)cc1. The van der Waals surface area contributed by atoms with Crippen LogP contribution < -0.4 is 4.90 Å². The molecule has 25 heavy (non-hydrogen) atoms. The smallest absolute Gasteiger partial charge is 0.338 e. The minimum absolute atomic E-state index is 0.194. The van der Waals surface area contributed by atoms with Gasteiger partial charge in [-0.25, -0.2) is 4.79 Å². The monoisotopic (exact) mass is 358 g/mol. The van der Waals surface area contributed by atoms with Gasteiger partial charge in [-0.2, -0.15) is 0 Å². The van der Waals surface area contributed by atoms with E-state index in [4.69, 9.17) is 4.74 Å². The van der Waals surface area contributed by atoms with Gasteiger partial charge in [-0.1, -0.05) is 6.07 Å². The Morgan fingerprint density at radius 3 is 2.40 bits per heavy atom. The summed E-state index contributed by atoms with van der Waals surface area (Å²) in [4.78, 5) is 29.3. The molecule has 2 heterocycles. The van der Waals surface area contributed by atoms with Crippen LogP contribution in [0, 0.1) is 0 Å². The quantitative estimate of drug-likeness (QED) is 0.771. The molecule has 0 N–H and O–H groups in total. The van der Waals surface area contributed by atoms with E-state index in [1.54, 1.807) is 30.4 Å². The fourth-order valence-corrected chi connectivity index (χ4v) is 3.61. The maximum absolute atomic E-state index is 12.4. The molecule has 1 saturated heterocycles. The lowest BCUT2D eigenvalue weighted by Gasteiger charge is -2.36. The Morgan fingerprint density at radius 2 is 1.80 bits per heavy atom. The van der Waals surface area contributed by atoms with E-state index in [0.29, 0.717) is 18.6 Å². The molecular weight excluding hydrogens is 336 g/mol. The first kappa shape index (κ1) is 17.5. The van der Waals surface area contributed by atoms with Gasteiger partial charge in [0.15, 0.2) is 0 Å². The van der Waals surface area contributed by atoms with Crippen LogP contribution in [0.4, 0.5) is 5.69 Å². The average Bonchev–Trinajstić information content (AvgIpc) is 3.15. The van der Waals surface area contributed by atoms with Crippen LogP contribution in [-0.2, 0) is 16.0 Å². The molecule has 1 aliphatic rings. The van der Waals surface area contributed by atoms with Crippen LogP contribution in [0.1, 0.15) is 22.2 Å². The van der Waals surface area contributed by atoms with Crippen molar-refractivity contribution in [1.82, 2.24) is 4.90 Å². The summed E-state index contributed by atoms with van der Waals surface area (Å²) in [7, 11) is 0. The summed E-state index contributed by atoms with van der Waals surface area (Å²) >= 11 is 1.62. The van der Waals surface area contributed by atoms with Gasteiger partial charge in [0, 0.05) is 36.7 Å². The molecule has 5 nitrogen and oxygen atoms in total. The number of anilines is 1. The van der Waals surface area contributed by atoms with Gasteiger partial charge in [-0.15, -0.1) is 11.3 Å². The van der Waals surface area contributed by atoms with E-state index >= 15 is 0 Å². The number of thiophene rings is 1.